The Hall–Kier alpha value is -2.72. The molecule has 0 radical (unpaired) electrons. The molecule has 2 aromatic rings. The number of hydrogen-bond donors (Lipinski definition) is 2. The van der Waals surface area contributed by atoms with Gasteiger partial charge in [-0.1, -0.05) is 30.3 Å². The topological polar surface area (TPSA) is 113 Å². The minimum absolute atomic E-state index is 0.220. The van der Waals surface area contributed by atoms with Crippen LogP contribution < -0.4 is 10.0 Å². The summed E-state index contributed by atoms with van der Waals surface area (Å²) in [5, 5.41) is 2.86. The molecule has 10 heteroatoms. The number of likely N-dealkylation sites (tertiary alicyclic amines) is 1. The Bertz CT molecular complexity index is 947. The molecule has 2 N–H and O–H groups in total. The molecule has 0 spiro atoms. The Morgan fingerprint density at radius 1 is 1.27 bits per heavy atom. The molecule has 1 fully saturated rings. The lowest BCUT2D eigenvalue weighted by atomic mass is 10.1. The monoisotopic (exact) mass is 433 g/mol. The molecule has 3 rings (SSSR count). The zero-order chi connectivity index (χ0) is 21.6. The van der Waals surface area contributed by atoms with Crippen molar-refractivity contribution in [2.45, 2.75) is 37.9 Å². The number of nitrogens with zero attached hydrogens (tertiary/aromatic N) is 3. The maximum atomic E-state index is 13.2. The molecule has 1 saturated heterocycles. The van der Waals surface area contributed by atoms with Crippen LogP contribution in [0.5, 0.6) is 0 Å². The van der Waals surface area contributed by atoms with Crippen LogP contribution in [0.2, 0.25) is 0 Å². The Morgan fingerprint density at radius 2 is 2.03 bits per heavy atom. The van der Waals surface area contributed by atoms with Crippen molar-refractivity contribution in [2.75, 3.05) is 19.3 Å². The molecule has 0 aliphatic carbocycles. The van der Waals surface area contributed by atoms with E-state index < -0.39 is 22.1 Å². The lowest BCUT2D eigenvalue weighted by molar-refractivity contribution is -0.139. The highest BCUT2D eigenvalue weighted by Gasteiger charge is 2.37. The smallest absolute Gasteiger partial charge is 0.242 e. The van der Waals surface area contributed by atoms with Crippen LogP contribution in [-0.4, -0.2) is 66.1 Å². The Labute approximate surface area is 176 Å². The second-order valence-electron chi connectivity index (χ2n) is 7.41. The fraction of sp³-hybridized carbons (Fsp3) is 0.450. The van der Waals surface area contributed by atoms with E-state index in [9.17, 15) is 18.0 Å². The first-order valence-electron chi connectivity index (χ1n) is 9.88. The summed E-state index contributed by atoms with van der Waals surface area (Å²) < 4.78 is 28.0. The third-order valence-electron chi connectivity index (χ3n) is 5.00. The number of sulfonamides is 1. The maximum Gasteiger partial charge on any atom is 0.242 e. The Balaban J connectivity index is 1.66. The van der Waals surface area contributed by atoms with Gasteiger partial charge in [-0.15, -0.1) is 0 Å². The molecule has 0 unspecified atom stereocenters. The van der Waals surface area contributed by atoms with E-state index in [0.717, 1.165) is 11.8 Å². The summed E-state index contributed by atoms with van der Waals surface area (Å²) in [6, 6.07) is 7.66. The van der Waals surface area contributed by atoms with Crippen LogP contribution in [0, 0.1) is 0 Å². The van der Waals surface area contributed by atoms with E-state index in [1.807, 2.05) is 41.1 Å². The number of hydrogen-bond acceptors (Lipinski definition) is 5. The molecular formula is C20H27N5O4S. The van der Waals surface area contributed by atoms with Crippen LogP contribution in [0.3, 0.4) is 0 Å². The van der Waals surface area contributed by atoms with Gasteiger partial charge in [0.05, 0.1) is 12.6 Å². The van der Waals surface area contributed by atoms with Crippen LogP contribution in [0.25, 0.3) is 0 Å². The molecule has 1 aliphatic rings. The van der Waals surface area contributed by atoms with Gasteiger partial charge >= 0.3 is 0 Å². The largest absolute Gasteiger partial charge is 0.353 e. The summed E-state index contributed by atoms with van der Waals surface area (Å²) in [6.07, 6.45) is 7.65. The minimum Gasteiger partial charge on any atom is -0.353 e. The third kappa shape index (κ3) is 6.14. The van der Waals surface area contributed by atoms with Crippen molar-refractivity contribution in [3.8, 4) is 0 Å². The van der Waals surface area contributed by atoms with Gasteiger partial charge in [-0.05, 0) is 24.8 Å². The van der Waals surface area contributed by atoms with Gasteiger partial charge in [-0.2, -0.15) is 0 Å². The SMILES string of the molecule is CS(=O)(=O)N[C@H](Cc1ccccc1)C(=O)N1CCC[C@H]1C(=O)NCCn1ccnc1. The molecule has 1 aromatic carbocycles. The minimum atomic E-state index is -3.60. The van der Waals surface area contributed by atoms with Gasteiger partial charge in [0.2, 0.25) is 21.8 Å². The molecule has 162 valence electrons. The first-order valence-corrected chi connectivity index (χ1v) is 11.8. The lowest BCUT2D eigenvalue weighted by Gasteiger charge is -2.28. The summed E-state index contributed by atoms with van der Waals surface area (Å²) in [5.74, 6) is -0.602. The van der Waals surface area contributed by atoms with Gasteiger partial charge in [0, 0.05) is 32.0 Å². The molecule has 1 aliphatic heterocycles. The van der Waals surface area contributed by atoms with Gasteiger partial charge in [-0.3, -0.25) is 9.59 Å². The van der Waals surface area contributed by atoms with E-state index >= 15 is 0 Å². The normalized spacial score (nSPS) is 17.6. The second-order valence-corrected chi connectivity index (χ2v) is 9.19. The fourth-order valence-electron chi connectivity index (χ4n) is 3.64. The van der Waals surface area contributed by atoms with Gasteiger partial charge < -0.3 is 14.8 Å². The predicted octanol–water partition coefficient (Wildman–Crippen LogP) is 0.151. The number of amides is 2. The summed E-state index contributed by atoms with van der Waals surface area (Å²) in [6.45, 7) is 1.43. The van der Waals surface area contributed by atoms with Gasteiger partial charge in [0.1, 0.15) is 12.1 Å². The molecule has 30 heavy (non-hydrogen) atoms. The third-order valence-corrected chi connectivity index (χ3v) is 5.72. The Morgan fingerprint density at radius 3 is 2.70 bits per heavy atom. The molecule has 2 heterocycles. The molecular weight excluding hydrogens is 406 g/mol. The van der Waals surface area contributed by atoms with Crippen molar-refractivity contribution < 1.29 is 18.0 Å². The average molecular weight is 434 g/mol. The van der Waals surface area contributed by atoms with Crippen LogP contribution in [0.4, 0.5) is 0 Å². The van der Waals surface area contributed by atoms with E-state index in [4.69, 9.17) is 0 Å². The molecule has 1 aromatic heterocycles. The number of carbonyl (C=O) groups is 2. The van der Waals surface area contributed by atoms with E-state index in [1.165, 1.54) is 4.90 Å². The highest BCUT2D eigenvalue weighted by molar-refractivity contribution is 7.88. The number of nitrogens with one attached hydrogen (secondary N) is 2. The van der Waals surface area contributed by atoms with Crippen molar-refractivity contribution in [1.82, 2.24) is 24.5 Å². The maximum absolute atomic E-state index is 13.2. The van der Waals surface area contributed by atoms with Crippen LogP contribution >= 0.6 is 0 Å². The second kappa shape index (κ2) is 9.86. The first kappa shape index (κ1) is 22.0. The molecule has 0 saturated carbocycles. The molecule has 2 amide bonds. The molecule has 9 nitrogen and oxygen atoms in total. The zero-order valence-corrected chi connectivity index (χ0v) is 17.7. The number of carbonyl (C=O) groups excluding carboxylic acids is 2. The summed E-state index contributed by atoms with van der Waals surface area (Å²) in [5.41, 5.74) is 0.840. The van der Waals surface area contributed by atoms with Crippen molar-refractivity contribution in [3.63, 3.8) is 0 Å². The lowest BCUT2D eigenvalue weighted by Crippen LogP contribution is -2.54. The Kier molecular flexibility index (Phi) is 7.22. The van der Waals surface area contributed by atoms with Crippen molar-refractivity contribution in [3.05, 3.63) is 54.6 Å². The van der Waals surface area contributed by atoms with Crippen LogP contribution in [0.15, 0.2) is 49.1 Å². The zero-order valence-electron chi connectivity index (χ0n) is 16.9. The van der Waals surface area contributed by atoms with Crippen molar-refractivity contribution >= 4 is 21.8 Å². The summed E-state index contributed by atoms with van der Waals surface area (Å²) in [4.78, 5) is 31.4. The van der Waals surface area contributed by atoms with E-state index in [0.29, 0.717) is 32.5 Å². The molecule has 0 bridgehead atoms. The predicted molar refractivity (Wildman–Crippen MR) is 112 cm³/mol. The van der Waals surface area contributed by atoms with Gasteiger partial charge in [-0.25, -0.2) is 18.1 Å². The average Bonchev–Trinajstić information content (AvgIpc) is 3.38. The van der Waals surface area contributed by atoms with E-state index in [-0.39, 0.29) is 18.2 Å². The number of imidazole rings is 1. The summed E-state index contributed by atoms with van der Waals surface area (Å²) >= 11 is 0. The van der Waals surface area contributed by atoms with Gasteiger partial charge in [0.25, 0.3) is 0 Å². The van der Waals surface area contributed by atoms with E-state index in [1.54, 1.807) is 12.5 Å². The number of benzene rings is 1. The summed E-state index contributed by atoms with van der Waals surface area (Å²) in [7, 11) is -3.60. The number of rotatable bonds is 9. The highest BCUT2D eigenvalue weighted by Crippen LogP contribution is 2.20. The van der Waals surface area contributed by atoms with E-state index in [2.05, 4.69) is 15.0 Å². The number of aromatic nitrogens is 2. The molecule has 2 atom stereocenters. The van der Waals surface area contributed by atoms with Crippen LogP contribution in [0.1, 0.15) is 18.4 Å². The fourth-order valence-corrected chi connectivity index (χ4v) is 4.34. The first-order chi connectivity index (χ1) is 14.3. The standard InChI is InChI=1S/C20H27N5O4S/c1-30(28,29)23-17(14-16-6-3-2-4-7-16)20(27)25-11-5-8-18(25)19(26)22-10-13-24-12-9-21-15-24/h2-4,6-7,9,12,15,17-18,23H,5,8,10-11,13-14H2,1H3,(H,22,26)/t17-,18+/m1/s1. The van der Waals surface area contributed by atoms with Crippen LogP contribution in [-0.2, 0) is 32.6 Å². The van der Waals surface area contributed by atoms with Crippen molar-refractivity contribution in [1.29, 1.82) is 0 Å². The quantitative estimate of drug-likeness (QED) is 0.585. The van der Waals surface area contributed by atoms with Crippen molar-refractivity contribution in [2.24, 2.45) is 0 Å². The highest BCUT2D eigenvalue weighted by atomic mass is 32.2. The van der Waals surface area contributed by atoms with Gasteiger partial charge in [0.15, 0.2) is 0 Å².